The predicted octanol–water partition coefficient (Wildman–Crippen LogP) is -0.115. The molecule has 5 rings (SSSR count). The number of nitrogens with one attached hydrogen (secondary N) is 2. The fraction of sp³-hybridized carbons (Fsp3) is 0.435. The number of rotatable bonds is 7. The Balaban J connectivity index is 1.24. The van der Waals surface area contributed by atoms with Gasteiger partial charge in [-0.1, -0.05) is 43.3 Å². The normalized spacial score (nSPS) is 21.2. The van der Waals surface area contributed by atoms with Crippen LogP contribution in [0, 0.1) is 0 Å². The van der Waals surface area contributed by atoms with Gasteiger partial charge in [0.05, 0.1) is 6.54 Å². The van der Waals surface area contributed by atoms with Crippen molar-refractivity contribution in [1.29, 1.82) is 0 Å². The van der Waals surface area contributed by atoms with Gasteiger partial charge in [-0.05, 0) is 28.1 Å². The molecule has 31 heavy (non-hydrogen) atoms. The minimum atomic E-state index is 0.286. The lowest BCUT2D eigenvalue weighted by molar-refractivity contribution is -1.03. The Hall–Kier alpha value is -2.97. The molecule has 162 valence electrons. The predicted molar refractivity (Wildman–Crippen MR) is 114 cm³/mol. The molecule has 3 heterocycles. The lowest BCUT2D eigenvalue weighted by Crippen LogP contribution is -3.27. The summed E-state index contributed by atoms with van der Waals surface area (Å²) in [5.74, 6) is 2.57. The molecule has 0 saturated carbocycles. The molecule has 0 amide bonds. The molecule has 2 N–H and O–H groups in total. The van der Waals surface area contributed by atoms with Gasteiger partial charge in [-0.2, -0.15) is 0 Å². The molecule has 1 fully saturated rings. The van der Waals surface area contributed by atoms with Gasteiger partial charge < -0.3 is 19.3 Å². The van der Waals surface area contributed by atoms with Gasteiger partial charge in [0.15, 0.2) is 11.5 Å². The average Bonchev–Trinajstić information content (AvgIpc) is 3.46. The van der Waals surface area contributed by atoms with Gasteiger partial charge in [-0.3, -0.25) is 0 Å². The molecule has 2 aliphatic rings. The number of quaternary nitrogens is 2. The third kappa shape index (κ3) is 4.40. The first-order valence-electron chi connectivity index (χ1n) is 11.2. The maximum Gasteiger partial charge on any atom is 0.231 e. The molecule has 0 bridgehead atoms. The number of fused-ring (bicyclic) bond motifs is 1. The molecule has 3 aromatic rings. The molecule has 1 saturated heterocycles. The Morgan fingerprint density at radius 1 is 0.968 bits per heavy atom. The lowest BCUT2D eigenvalue weighted by Gasteiger charge is -2.33. The molecular formula is C23H30N6O2+2. The Labute approximate surface area is 182 Å². The molecule has 1 aromatic heterocycles. The van der Waals surface area contributed by atoms with E-state index in [-0.39, 0.29) is 6.79 Å². The number of piperazine rings is 1. The van der Waals surface area contributed by atoms with Crippen molar-refractivity contribution in [3.8, 4) is 11.5 Å². The number of aromatic nitrogens is 4. The highest BCUT2D eigenvalue weighted by atomic mass is 16.7. The van der Waals surface area contributed by atoms with E-state index in [4.69, 9.17) is 9.47 Å². The van der Waals surface area contributed by atoms with Crippen molar-refractivity contribution in [1.82, 2.24) is 20.2 Å². The highest BCUT2D eigenvalue weighted by Gasteiger charge is 2.33. The Morgan fingerprint density at radius 2 is 1.77 bits per heavy atom. The highest BCUT2D eigenvalue weighted by molar-refractivity contribution is 5.44. The maximum absolute atomic E-state index is 5.52. The monoisotopic (exact) mass is 422 g/mol. The van der Waals surface area contributed by atoms with Crippen LogP contribution in [0.3, 0.4) is 0 Å². The quantitative estimate of drug-likeness (QED) is 0.556. The fourth-order valence-electron chi connectivity index (χ4n) is 4.77. The molecule has 0 unspecified atom stereocenters. The second-order valence-corrected chi connectivity index (χ2v) is 8.41. The van der Waals surface area contributed by atoms with Crippen LogP contribution in [0.4, 0.5) is 0 Å². The summed E-state index contributed by atoms with van der Waals surface area (Å²) in [6.45, 7) is 8.87. The summed E-state index contributed by atoms with van der Waals surface area (Å²) in [6.07, 6.45) is 1.02. The van der Waals surface area contributed by atoms with Crippen LogP contribution in [0.5, 0.6) is 11.5 Å². The number of nitrogens with zero attached hydrogens (tertiary/aromatic N) is 4. The molecule has 0 radical (unpaired) electrons. The van der Waals surface area contributed by atoms with Gasteiger partial charge in [0.25, 0.3) is 0 Å². The number of hydrogen-bond donors (Lipinski definition) is 2. The Kier molecular flexibility index (Phi) is 5.82. The summed E-state index contributed by atoms with van der Waals surface area (Å²) >= 11 is 0. The summed E-state index contributed by atoms with van der Waals surface area (Å²) in [5.41, 5.74) is 2.53. The van der Waals surface area contributed by atoms with Crippen molar-refractivity contribution in [3.63, 3.8) is 0 Å². The van der Waals surface area contributed by atoms with E-state index in [9.17, 15) is 0 Å². The number of ether oxygens (including phenoxy) is 2. The summed E-state index contributed by atoms with van der Waals surface area (Å²) < 4.78 is 12.9. The van der Waals surface area contributed by atoms with E-state index in [0.717, 1.165) is 48.9 Å². The zero-order valence-corrected chi connectivity index (χ0v) is 18.0. The first-order valence-corrected chi connectivity index (χ1v) is 11.2. The summed E-state index contributed by atoms with van der Waals surface area (Å²) in [6, 6.07) is 17.1. The van der Waals surface area contributed by atoms with E-state index in [1.165, 1.54) is 18.7 Å². The molecule has 0 spiro atoms. The third-order valence-corrected chi connectivity index (χ3v) is 6.44. The van der Waals surface area contributed by atoms with Gasteiger partial charge in [0.2, 0.25) is 12.6 Å². The molecule has 1 atom stereocenters. The van der Waals surface area contributed by atoms with Crippen LogP contribution in [0.25, 0.3) is 0 Å². The number of benzene rings is 2. The van der Waals surface area contributed by atoms with E-state index < -0.39 is 0 Å². The highest BCUT2D eigenvalue weighted by Crippen LogP contribution is 2.32. The molecular weight excluding hydrogens is 392 g/mol. The van der Waals surface area contributed by atoms with Crippen LogP contribution < -0.4 is 19.3 Å². The second-order valence-electron chi connectivity index (χ2n) is 8.41. The van der Waals surface area contributed by atoms with Gasteiger partial charge in [-0.15, -0.1) is 5.10 Å². The zero-order chi connectivity index (χ0) is 21.0. The molecule has 2 aliphatic heterocycles. The van der Waals surface area contributed by atoms with Crippen LogP contribution in [-0.4, -0.2) is 53.2 Å². The van der Waals surface area contributed by atoms with Crippen LogP contribution in [0.2, 0.25) is 0 Å². The van der Waals surface area contributed by atoms with E-state index in [2.05, 4.69) is 58.8 Å². The molecule has 0 aliphatic carbocycles. The summed E-state index contributed by atoms with van der Waals surface area (Å²) in [7, 11) is 0. The maximum atomic E-state index is 5.52. The third-order valence-electron chi connectivity index (χ3n) is 6.44. The van der Waals surface area contributed by atoms with Gasteiger partial charge >= 0.3 is 0 Å². The van der Waals surface area contributed by atoms with Gasteiger partial charge in [0.1, 0.15) is 38.8 Å². The summed E-state index contributed by atoms with van der Waals surface area (Å²) in [5, 5.41) is 12.8. The van der Waals surface area contributed by atoms with E-state index >= 15 is 0 Å². The molecule has 8 nitrogen and oxygen atoms in total. The van der Waals surface area contributed by atoms with E-state index in [1.807, 2.05) is 16.8 Å². The van der Waals surface area contributed by atoms with E-state index in [0.29, 0.717) is 12.6 Å². The number of hydrogen-bond acceptors (Lipinski definition) is 5. The SMILES string of the molecule is CC[C@H](c1nnnn1Cc1ccc2c(c1)OCO2)[NH+]1CC[NH+](Cc2ccccc2)CC1. The molecule has 2 aromatic carbocycles. The van der Waals surface area contributed by atoms with Gasteiger partial charge in [0, 0.05) is 12.0 Å². The minimum Gasteiger partial charge on any atom is -0.454 e. The minimum absolute atomic E-state index is 0.286. The van der Waals surface area contributed by atoms with Gasteiger partial charge in [-0.25, -0.2) is 4.68 Å². The zero-order valence-electron chi connectivity index (χ0n) is 18.0. The Morgan fingerprint density at radius 3 is 2.58 bits per heavy atom. The first-order chi connectivity index (χ1) is 15.3. The average molecular weight is 423 g/mol. The second kappa shape index (κ2) is 9.03. The topological polar surface area (TPSA) is 70.9 Å². The largest absolute Gasteiger partial charge is 0.454 e. The smallest absolute Gasteiger partial charge is 0.231 e. The van der Waals surface area contributed by atoms with Crippen molar-refractivity contribution in [2.75, 3.05) is 33.0 Å². The van der Waals surface area contributed by atoms with Crippen molar-refractivity contribution in [2.45, 2.75) is 32.5 Å². The van der Waals surface area contributed by atoms with Crippen LogP contribution in [-0.2, 0) is 13.1 Å². The standard InChI is InChI=1S/C23H28N6O2/c1-2-20(28-12-10-27(11-13-28)15-18-6-4-3-5-7-18)23-24-25-26-29(23)16-19-8-9-21-22(14-19)31-17-30-21/h3-9,14,20H,2,10-13,15-17H2,1H3/p+2/t20-/m1/s1. The molecule has 8 heteroatoms. The van der Waals surface area contributed by atoms with Crippen LogP contribution in [0.1, 0.15) is 36.3 Å². The van der Waals surface area contributed by atoms with E-state index in [1.54, 1.807) is 9.80 Å². The van der Waals surface area contributed by atoms with Crippen LogP contribution >= 0.6 is 0 Å². The Bertz CT molecular complexity index is 1000. The van der Waals surface area contributed by atoms with Crippen molar-refractivity contribution in [2.24, 2.45) is 0 Å². The fourth-order valence-corrected chi connectivity index (χ4v) is 4.77. The number of tetrazole rings is 1. The first kappa shape index (κ1) is 20.0. The van der Waals surface area contributed by atoms with Crippen molar-refractivity contribution >= 4 is 0 Å². The lowest BCUT2D eigenvalue weighted by atomic mass is 10.1. The van der Waals surface area contributed by atoms with Crippen LogP contribution in [0.15, 0.2) is 48.5 Å². The van der Waals surface area contributed by atoms with Crippen molar-refractivity contribution in [3.05, 3.63) is 65.5 Å². The summed E-state index contributed by atoms with van der Waals surface area (Å²) in [4.78, 5) is 3.24. The van der Waals surface area contributed by atoms with Crippen molar-refractivity contribution < 1.29 is 19.3 Å².